The summed E-state index contributed by atoms with van der Waals surface area (Å²) in [5.41, 5.74) is 0. The van der Waals surface area contributed by atoms with E-state index in [2.05, 4.69) is 29.8 Å². The third-order valence-electron chi connectivity index (χ3n) is 2.39. The maximum atomic E-state index is 5.59. The summed E-state index contributed by atoms with van der Waals surface area (Å²) in [5, 5.41) is 5.51. The fraction of sp³-hybridized carbons (Fsp3) is 0.692. The third-order valence-corrected chi connectivity index (χ3v) is 3.33. The van der Waals surface area contributed by atoms with E-state index in [1.165, 1.54) is 24.1 Å². The summed E-state index contributed by atoms with van der Waals surface area (Å²) in [6.45, 7) is 6.23. The Morgan fingerprint density at radius 3 is 2.94 bits per heavy atom. The van der Waals surface area contributed by atoms with Crippen molar-refractivity contribution in [3.63, 3.8) is 0 Å². The maximum Gasteiger partial charge on any atom is 0.0514 e. The summed E-state index contributed by atoms with van der Waals surface area (Å²) in [7, 11) is 0. The lowest BCUT2D eigenvalue weighted by atomic mass is 10.3. The van der Waals surface area contributed by atoms with Gasteiger partial charge in [0, 0.05) is 17.9 Å². The Bertz CT molecular complexity index is 236. The number of hydrogen-bond acceptors (Lipinski definition) is 3. The molecule has 0 atom stereocenters. The molecule has 3 heteroatoms. The summed E-state index contributed by atoms with van der Waals surface area (Å²) >= 11 is 1.81. The highest BCUT2D eigenvalue weighted by Crippen LogP contribution is 2.08. The highest BCUT2D eigenvalue weighted by molar-refractivity contribution is 7.09. The second-order valence-electron chi connectivity index (χ2n) is 3.90. The Morgan fingerprint density at radius 2 is 2.19 bits per heavy atom. The molecule has 0 saturated carbocycles. The molecule has 0 radical (unpaired) electrons. The standard InChI is InChI=1S/C13H23NOS/c1-2-8-14-9-3-4-10-15-11-7-13-6-5-12-16-13/h5-6,12,14H,2-4,7-11H2,1H3. The van der Waals surface area contributed by atoms with Crippen LogP contribution in [0.2, 0.25) is 0 Å². The first kappa shape index (κ1) is 13.7. The van der Waals surface area contributed by atoms with E-state index in [4.69, 9.17) is 4.74 Å². The van der Waals surface area contributed by atoms with Gasteiger partial charge in [-0.1, -0.05) is 13.0 Å². The number of thiophene rings is 1. The Hall–Kier alpha value is -0.380. The molecule has 0 aliphatic rings. The molecule has 0 amide bonds. The first-order valence-corrected chi connectivity index (χ1v) is 7.12. The molecule has 0 aliphatic heterocycles. The molecular formula is C13H23NOS. The average Bonchev–Trinajstić information content (AvgIpc) is 2.80. The number of nitrogens with one attached hydrogen (secondary N) is 1. The van der Waals surface area contributed by atoms with Crippen LogP contribution in [0.1, 0.15) is 31.1 Å². The van der Waals surface area contributed by atoms with E-state index in [-0.39, 0.29) is 0 Å². The van der Waals surface area contributed by atoms with Gasteiger partial charge in [-0.05, 0) is 43.8 Å². The van der Waals surface area contributed by atoms with Gasteiger partial charge in [-0.15, -0.1) is 11.3 Å². The molecule has 92 valence electrons. The predicted molar refractivity (Wildman–Crippen MR) is 71.2 cm³/mol. The fourth-order valence-corrected chi connectivity index (χ4v) is 2.18. The molecule has 0 saturated heterocycles. The summed E-state index contributed by atoms with van der Waals surface area (Å²) in [4.78, 5) is 1.42. The van der Waals surface area contributed by atoms with Gasteiger partial charge in [-0.2, -0.15) is 0 Å². The van der Waals surface area contributed by atoms with Crippen LogP contribution in [0, 0.1) is 0 Å². The normalized spacial score (nSPS) is 10.8. The topological polar surface area (TPSA) is 21.3 Å². The smallest absolute Gasteiger partial charge is 0.0514 e. The Kier molecular flexibility index (Phi) is 8.40. The van der Waals surface area contributed by atoms with E-state index in [1.807, 2.05) is 11.3 Å². The second kappa shape index (κ2) is 9.82. The zero-order valence-corrected chi connectivity index (χ0v) is 11.0. The van der Waals surface area contributed by atoms with Crippen molar-refractivity contribution in [2.75, 3.05) is 26.3 Å². The summed E-state index contributed by atoms with van der Waals surface area (Å²) in [6.07, 6.45) is 4.67. The minimum atomic E-state index is 0.864. The first-order chi connectivity index (χ1) is 7.93. The SMILES string of the molecule is CCCNCCCCOCCc1cccs1. The highest BCUT2D eigenvalue weighted by Gasteiger charge is 1.94. The summed E-state index contributed by atoms with van der Waals surface area (Å²) in [6, 6.07) is 4.27. The van der Waals surface area contributed by atoms with E-state index in [9.17, 15) is 0 Å². The maximum absolute atomic E-state index is 5.59. The number of hydrogen-bond donors (Lipinski definition) is 1. The minimum absolute atomic E-state index is 0.864. The van der Waals surface area contributed by atoms with Crippen molar-refractivity contribution in [3.8, 4) is 0 Å². The van der Waals surface area contributed by atoms with Gasteiger partial charge in [-0.25, -0.2) is 0 Å². The van der Waals surface area contributed by atoms with Gasteiger partial charge in [0.15, 0.2) is 0 Å². The van der Waals surface area contributed by atoms with Gasteiger partial charge in [0.05, 0.1) is 6.61 Å². The average molecular weight is 241 g/mol. The van der Waals surface area contributed by atoms with Crippen molar-refractivity contribution >= 4 is 11.3 Å². The predicted octanol–water partition coefficient (Wildman–Crippen LogP) is 3.09. The molecule has 1 heterocycles. The molecular weight excluding hydrogens is 218 g/mol. The van der Waals surface area contributed by atoms with Crippen molar-refractivity contribution < 1.29 is 4.74 Å². The molecule has 0 aromatic carbocycles. The molecule has 2 nitrogen and oxygen atoms in total. The van der Waals surface area contributed by atoms with Gasteiger partial charge in [0.1, 0.15) is 0 Å². The zero-order chi connectivity index (χ0) is 11.5. The van der Waals surface area contributed by atoms with Crippen LogP contribution in [-0.4, -0.2) is 26.3 Å². The lowest BCUT2D eigenvalue weighted by Crippen LogP contribution is -2.16. The van der Waals surface area contributed by atoms with E-state index in [0.29, 0.717) is 0 Å². The van der Waals surface area contributed by atoms with Gasteiger partial charge in [0.25, 0.3) is 0 Å². The molecule has 1 aromatic rings. The van der Waals surface area contributed by atoms with Crippen LogP contribution < -0.4 is 5.32 Å². The van der Waals surface area contributed by atoms with Crippen molar-refractivity contribution in [1.29, 1.82) is 0 Å². The zero-order valence-electron chi connectivity index (χ0n) is 10.2. The van der Waals surface area contributed by atoms with Crippen molar-refractivity contribution in [2.45, 2.75) is 32.6 Å². The van der Waals surface area contributed by atoms with Crippen LogP contribution in [0.4, 0.5) is 0 Å². The molecule has 1 aromatic heterocycles. The number of ether oxygens (including phenoxy) is 1. The molecule has 1 N–H and O–H groups in total. The summed E-state index contributed by atoms with van der Waals surface area (Å²) < 4.78 is 5.59. The monoisotopic (exact) mass is 241 g/mol. The van der Waals surface area contributed by atoms with Crippen LogP contribution in [-0.2, 0) is 11.2 Å². The third kappa shape index (κ3) is 6.99. The Labute approximate surface area is 103 Å². The van der Waals surface area contributed by atoms with E-state index in [0.717, 1.165) is 32.7 Å². The van der Waals surface area contributed by atoms with Crippen LogP contribution in [0.15, 0.2) is 17.5 Å². The van der Waals surface area contributed by atoms with Gasteiger partial charge >= 0.3 is 0 Å². The fourth-order valence-electron chi connectivity index (χ4n) is 1.49. The molecule has 0 unspecified atom stereocenters. The van der Waals surface area contributed by atoms with E-state index < -0.39 is 0 Å². The highest BCUT2D eigenvalue weighted by atomic mass is 32.1. The molecule has 0 fully saturated rings. The van der Waals surface area contributed by atoms with Crippen LogP contribution in [0.5, 0.6) is 0 Å². The van der Waals surface area contributed by atoms with E-state index in [1.54, 1.807) is 0 Å². The van der Waals surface area contributed by atoms with Crippen molar-refractivity contribution in [2.24, 2.45) is 0 Å². The number of unbranched alkanes of at least 4 members (excludes halogenated alkanes) is 1. The number of rotatable bonds is 10. The van der Waals surface area contributed by atoms with Gasteiger partial charge in [-0.3, -0.25) is 0 Å². The Balaban J connectivity index is 1.78. The molecule has 0 aliphatic carbocycles. The van der Waals surface area contributed by atoms with Crippen LogP contribution in [0.25, 0.3) is 0 Å². The minimum Gasteiger partial charge on any atom is -0.381 e. The molecule has 16 heavy (non-hydrogen) atoms. The van der Waals surface area contributed by atoms with Crippen LogP contribution >= 0.6 is 11.3 Å². The van der Waals surface area contributed by atoms with Gasteiger partial charge < -0.3 is 10.1 Å². The quantitative estimate of drug-likeness (QED) is 0.636. The Morgan fingerprint density at radius 1 is 1.25 bits per heavy atom. The molecule has 0 bridgehead atoms. The van der Waals surface area contributed by atoms with Crippen LogP contribution in [0.3, 0.4) is 0 Å². The van der Waals surface area contributed by atoms with Crippen molar-refractivity contribution in [3.05, 3.63) is 22.4 Å². The largest absolute Gasteiger partial charge is 0.381 e. The second-order valence-corrected chi connectivity index (χ2v) is 4.93. The lowest BCUT2D eigenvalue weighted by molar-refractivity contribution is 0.134. The van der Waals surface area contributed by atoms with E-state index >= 15 is 0 Å². The first-order valence-electron chi connectivity index (χ1n) is 6.24. The van der Waals surface area contributed by atoms with Gasteiger partial charge in [0.2, 0.25) is 0 Å². The molecule has 0 spiro atoms. The lowest BCUT2D eigenvalue weighted by Gasteiger charge is -2.04. The van der Waals surface area contributed by atoms with Crippen molar-refractivity contribution in [1.82, 2.24) is 5.32 Å². The molecule has 1 rings (SSSR count). The summed E-state index contributed by atoms with van der Waals surface area (Å²) in [5.74, 6) is 0.